The summed E-state index contributed by atoms with van der Waals surface area (Å²) in [5.74, 6) is -4.51. The number of unbranched alkanes of at least 4 members (excludes halogenated alkanes) is 1. The maximum absolute atomic E-state index is 10.9. The molecule has 0 radical (unpaired) electrons. The first-order valence-electron chi connectivity index (χ1n) is 5.62. The van der Waals surface area contributed by atoms with Crippen LogP contribution in [0.1, 0.15) is 19.3 Å². The molecule has 0 spiro atoms. The Labute approximate surface area is 104 Å². The number of carbonyl (C=O) groups is 3. The van der Waals surface area contributed by atoms with Crippen LogP contribution in [0.2, 0.25) is 0 Å². The summed E-state index contributed by atoms with van der Waals surface area (Å²) in [7, 11) is 0. The standard InChI is InChI=1S/C10H18N2O6/c11-4-2-1-3-7(10(17)18)12(5-8(13)14)6-9(15)16/h7H,1-6,11H2,(H,13,14)(H,15,16)(H,17,18)/p-1/t7-/m0/s1. The summed E-state index contributed by atoms with van der Waals surface area (Å²) in [4.78, 5) is 31.7. The van der Waals surface area contributed by atoms with Crippen molar-refractivity contribution in [2.45, 2.75) is 25.3 Å². The van der Waals surface area contributed by atoms with E-state index in [-0.39, 0.29) is 11.3 Å². The second-order valence-corrected chi connectivity index (χ2v) is 3.98. The van der Waals surface area contributed by atoms with Gasteiger partial charge in [-0.2, -0.15) is 0 Å². The number of nitrogens with one attached hydrogen (secondary N) is 1. The van der Waals surface area contributed by atoms with Crippen molar-refractivity contribution in [3.05, 3.63) is 0 Å². The van der Waals surface area contributed by atoms with Gasteiger partial charge in [0.2, 0.25) is 0 Å². The van der Waals surface area contributed by atoms with E-state index in [0.717, 1.165) is 0 Å². The number of quaternary nitrogens is 2. The Balaban J connectivity index is 4.67. The minimum atomic E-state index is -1.52. The molecule has 4 N–H and O–H groups in total. The van der Waals surface area contributed by atoms with Crippen molar-refractivity contribution >= 4 is 17.9 Å². The van der Waals surface area contributed by atoms with E-state index in [4.69, 9.17) is 0 Å². The Morgan fingerprint density at radius 3 is 1.83 bits per heavy atom. The topological polar surface area (TPSA) is 152 Å². The third-order valence-electron chi connectivity index (χ3n) is 2.51. The molecule has 0 heterocycles. The van der Waals surface area contributed by atoms with Crippen LogP contribution in [-0.4, -0.2) is 43.6 Å². The van der Waals surface area contributed by atoms with Crippen LogP contribution in [0, 0.1) is 0 Å². The molecule has 18 heavy (non-hydrogen) atoms. The fraction of sp³-hybridized carbons (Fsp3) is 0.700. The molecule has 104 valence electrons. The molecule has 0 aromatic rings. The van der Waals surface area contributed by atoms with E-state index < -0.39 is 37.0 Å². The highest BCUT2D eigenvalue weighted by Crippen LogP contribution is 1.96. The number of rotatable bonds is 10. The Kier molecular flexibility index (Phi) is 7.64. The average molecular weight is 261 g/mol. The molecule has 1 atom stereocenters. The van der Waals surface area contributed by atoms with E-state index >= 15 is 0 Å². The summed E-state index contributed by atoms with van der Waals surface area (Å²) in [6.45, 7) is -0.802. The lowest BCUT2D eigenvalue weighted by atomic mass is 10.1. The van der Waals surface area contributed by atoms with Crippen LogP contribution < -0.4 is 26.0 Å². The first-order chi connectivity index (χ1) is 8.38. The molecular weight excluding hydrogens is 244 g/mol. The van der Waals surface area contributed by atoms with E-state index in [0.29, 0.717) is 19.4 Å². The van der Waals surface area contributed by atoms with Crippen LogP contribution >= 0.6 is 0 Å². The fourth-order valence-corrected chi connectivity index (χ4v) is 1.69. The molecule has 0 rings (SSSR count). The third-order valence-corrected chi connectivity index (χ3v) is 2.51. The van der Waals surface area contributed by atoms with Crippen molar-refractivity contribution in [3.63, 3.8) is 0 Å². The van der Waals surface area contributed by atoms with Crippen LogP contribution in [0.5, 0.6) is 0 Å². The van der Waals surface area contributed by atoms with Crippen molar-refractivity contribution in [2.24, 2.45) is 0 Å². The summed E-state index contributed by atoms with van der Waals surface area (Å²) in [6.07, 6.45) is 1.31. The van der Waals surface area contributed by atoms with Gasteiger partial charge >= 0.3 is 0 Å². The number of hydrogen-bond donors (Lipinski definition) is 2. The largest absolute Gasteiger partial charge is 0.544 e. The molecule has 0 unspecified atom stereocenters. The van der Waals surface area contributed by atoms with Crippen molar-refractivity contribution in [1.82, 2.24) is 0 Å². The zero-order chi connectivity index (χ0) is 14.1. The maximum atomic E-state index is 10.9. The molecule has 0 aliphatic carbocycles. The van der Waals surface area contributed by atoms with Gasteiger partial charge in [-0.1, -0.05) is 0 Å². The lowest BCUT2D eigenvalue weighted by molar-refractivity contribution is -0.908. The fourth-order valence-electron chi connectivity index (χ4n) is 1.69. The van der Waals surface area contributed by atoms with Gasteiger partial charge in [0.1, 0.15) is 19.1 Å². The van der Waals surface area contributed by atoms with Crippen molar-refractivity contribution in [3.8, 4) is 0 Å². The smallest absolute Gasteiger partial charge is 0.128 e. The third kappa shape index (κ3) is 6.81. The van der Waals surface area contributed by atoms with Gasteiger partial charge in [0, 0.05) is 6.42 Å². The lowest BCUT2D eigenvalue weighted by Gasteiger charge is -2.29. The van der Waals surface area contributed by atoms with Crippen LogP contribution in [-0.2, 0) is 14.4 Å². The summed E-state index contributed by atoms with van der Waals surface area (Å²) in [6, 6.07) is -1.20. The van der Waals surface area contributed by atoms with E-state index in [1.54, 1.807) is 0 Å². The van der Waals surface area contributed by atoms with Gasteiger partial charge in [0.15, 0.2) is 0 Å². The highest BCUT2D eigenvalue weighted by atomic mass is 16.4. The normalized spacial score (nSPS) is 12.3. The van der Waals surface area contributed by atoms with Crippen molar-refractivity contribution in [1.29, 1.82) is 0 Å². The Hall–Kier alpha value is -1.67. The number of aliphatic carboxylic acids is 3. The van der Waals surface area contributed by atoms with Gasteiger partial charge in [0.05, 0.1) is 24.5 Å². The molecule has 0 saturated carbocycles. The van der Waals surface area contributed by atoms with Gasteiger partial charge in [-0.3, -0.25) is 0 Å². The van der Waals surface area contributed by atoms with Gasteiger partial charge in [0.25, 0.3) is 0 Å². The molecule has 0 aromatic carbocycles. The predicted octanol–water partition coefficient (Wildman–Crippen LogP) is -7.10. The van der Waals surface area contributed by atoms with Gasteiger partial charge in [-0.25, -0.2) is 0 Å². The number of carbonyl (C=O) groups excluding carboxylic acids is 3. The molecule has 0 aliphatic heterocycles. The summed E-state index contributed by atoms with van der Waals surface area (Å²) >= 11 is 0. The average Bonchev–Trinajstić information content (AvgIpc) is 2.21. The number of carboxylic acid groups (broad SMARTS) is 3. The molecule has 0 saturated heterocycles. The van der Waals surface area contributed by atoms with Gasteiger partial charge < -0.3 is 40.3 Å². The molecule has 0 aromatic heterocycles. The molecule has 0 fully saturated rings. The summed E-state index contributed by atoms with van der Waals surface area (Å²) in [5.41, 5.74) is 3.59. The van der Waals surface area contributed by atoms with E-state index in [2.05, 4.69) is 5.73 Å². The molecular formula is C10H17N2O6-. The van der Waals surface area contributed by atoms with Gasteiger partial charge in [-0.05, 0) is 12.8 Å². The summed E-state index contributed by atoms with van der Waals surface area (Å²) in [5, 5.41) is 31.9. The van der Waals surface area contributed by atoms with E-state index in [9.17, 15) is 29.7 Å². The number of carboxylic acids is 3. The Morgan fingerprint density at radius 1 is 1.00 bits per heavy atom. The summed E-state index contributed by atoms with van der Waals surface area (Å²) < 4.78 is 0. The molecule has 8 nitrogen and oxygen atoms in total. The van der Waals surface area contributed by atoms with Crippen LogP contribution in [0.25, 0.3) is 0 Å². The molecule has 0 aliphatic rings. The molecule has 0 amide bonds. The van der Waals surface area contributed by atoms with Crippen LogP contribution in [0.15, 0.2) is 0 Å². The number of hydrogen-bond acceptors (Lipinski definition) is 6. The van der Waals surface area contributed by atoms with E-state index in [1.807, 2.05) is 0 Å². The van der Waals surface area contributed by atoms with Gasteiger partial charge in [-0.15, -0.1) is 0 Å². The minimum absolute atomic E-state index is 0.133. The highest BCUT2D eigenvalue weighted by molar-refractivity contribution is 5.72. The zero-order valence-corrected chi connectivity index (χ0v) is 9.98. The lowest BCUT2D eigenvalue weighted by Crippen LogP contribution is -3.19. The monoisotopic (exact) mass is 261 g/mol. The Bertz CT molecular complexity index is 291. The maximum Gasteiger partial charge on any atom is 0.128 e. The van der Waals surface area contributed by atoms with Crippen molar-refractivity contribution in [2.75, 3.05) is 19.6 Å². The SMILES string of the molecule is [NH3+]CCCC[C@@H](C(=O)[O-])[NH+](CC(=O)[O-])CC(=O)[O-]. The zero-order valence-electron chi connectivity index (χ0n) is 9.98. The van der Waals surface area contributed by atoms with Crippen LogP contribution in [0.3, 0.4) is 0 Å². The van der Waals surface area contributed by atoms with Crippen LogP contribution in [0.4, 0.5) is 0 Å². The van der Waals surface area contributed by atoms with E-state index in [1.165, 1.54) is 0 Å². The molecule has 0 bridgehead atoms. The highest BCUT2D eigenvalue weighted by Gasteiger charge is 2.23. The van der Waals surface area contributed by atoms with Crippen molar-refractivity contribution < 1.29 is 40.3 Å². The first kappa shape index (κ1) is 16.3. The first-order valence-corrected chi connectivity index (χ1v) is 5.62. The quantitative estimate of drug-likeness (QED) is 0.372. The second kappa shape index (κ2) is 8.43. The minimum Gasteiger partial charge on any atom is -0.544 e. The Morgan fingerprint density at radius 2 is 1.50 bits per heavy atom. The molecule has 8 heteroatoms. The predicted molar refractivity (Wildman–Crippen MR) is 51.1 cm³/mol. The second-order valence-electron chi connectivity index (χ2n) is 3.98.